The predicted molar refractivity (Wildman–Crippen MR) is 64.1 cm³/mol. The maximum absolute atomic E-state index is 12.9. The Morgan fingerprint density at radius 3 is 3.00 bits per heavy atom. The van der Waals surface area contributed by atoms with Gasteiger partial charge in [-0.1, -0.05) is 6.92 Å². The Kier molecular flexibility index (Phi) is 3.51. The predicted octanol–water partition coefficient (Wildman–Crippen LogP) is 3.36. The van der Waals surface area contributed by atoms with Crippen molar-refractivity contribution in [3.8, 4) is 0 Å². The van der Waals surface area contributed by atoms with Gasteiger partial charge in [-0.25, -0.2) is 4.39 Å². The molecular formula is C12H13FO2S. The van der Waals surface area contributed by atoms with Crippen molar-refractivity contribution in [3.63, 3.8) is 0 Å². The van der Waals surface area contributed by atoms with E-state index in [0.29, 0.717) is 22.5 Å². The fraction of sp³-hybridized carbons (Fsp3) is 0.333. The molecule has 0 spiro atoms. The molecule has 0 radical (unpaired) electrons. The van der Waals surface area contributed by atoms with E-state index in [1.54, 1.807) is 23.9 Å². The van der Waals surface area contributed by atoms with Crippen LogP contribution < -0.4 is 0 Å². The summed E-state index contributed by atoms with van der Waals surface area (Å²) in [4.78, 5) is 0. The average molecular weight is 240 g/mol. The van der Waals surface area contributed by atoms with Crippen molar-refractivity contribution in [2.24, 2.45) is 0 Å². The lowest BCUT2D eigenvalue weighted by molar-refractivity contribution is 0.177. The summed E-state index contributed by atoms with van der Waals surface area (Å²) >= 11 is 1.64. The van der Waals surface area contributed by atoms with E-state index >= 15 is 0 Å². The largest absolute Gasteiger partial charge is 0.458 e. The molecule has 2 aromatic rings. The average Bonchev–Trinajstić information content (AvgIpc) is 2.68. The highest BCUT2D eigenvalue weighted by Crippen LogP contribution is 2.26. The van der Waals surface area contributed by atoms with Gasteiger partial charge in [0.15, 0.2) is 0 Å². The number of thioether (sulfide) groups is 1. The minimum atomic E-state index is -0.625. The quantitative estimate of drug-likeness (QED) is 0.889. The fourth-order valence-electron chi connectivity index (χ4n) is 1.51. The van der Waals surface area contributed by atoms with Crippen molar-refractivity contribution in [2.45, 2.75) is 13.0 Å². The number of fused-ring (bicyclic) bond motifs is 1. The van der Waals surface area contributed by atoms with Crippen molar-refractivity contribution in [1.29, 1.82) is 0 Å². The van der Waals surface area contributed by atoms with E-state index in [4.69, 9.17) is 4.42 Å². The van der Waals surface area contributed by atoms with Gasteiger partial charge in [0.1, 0.15) is 23.3 Å². The molecule has 1 heterocycles. The van der Waals surface area contributed by atoms with Crippen molar-refractivity contribution >= 4 is 22.7 Å². The van der Waals surface area contributed by atoms with Crippen LogP contribution in [0, 0.1) is 5.82 Å². The first-order chi connectivity index (χ1) is 7.70. The molecular weight excluding hydrogens is 227 g/mol. The molecule has 1 aromatic heterocycles. The van der Waals surface area contributed by atoms with Crippen molar-refractivity contribution in [3.05, 3.63) is 35.8 Å². The van der Waals surface area contributed by atoms with Crippen LogP contribution in [0.3, 0.4) is 0 Å². The maximum atomic E-state index is 12.9. The second kappa shape index (κ2) is 4.89. The van der Waals surface area contributed by atoms with Crippen LogP contribution in [-0.4, -0.2) is 16.6 Å². The lowest BCUT2D eigenvalue weighted by Crippen LogP contribution is -1.98. The zero-order valence-corrected chi connectivity index (χ0v) is 9.76. The number of aliphatic hydroxyl groups excluding tert-OH is 1. The lowest BCUT2D eigenvalue weighted by atomic mass is 10.2. The van der Waals surface area contributed by atoms with Crippen LogP contribution in [-0.2, 0) is 0 Å². The van der Waals surface area contributed by atoms with Crippen LogP contribution in [0.4, 0.5) is 4.39 Å². The number of aliphatic hydroxyl groups is 1. The Morgan fingerprint density at radius 2 is 2.25 bits per heavy atom. The topological polar surface area (TPSA) is 33.4 Å². The van der Waals surface area contributed by atoms with E-state index in [1.807, 2.05) is 6.92 Å². The van der Waals surface area contributed by atoms with Gasteiger partial charge in [-0.2, -0.15) is 11.8 Å². The molecule has 1 atom stereocenters. The van der Waals surface area contributed by atoms with Crippen LogP contribution in [0.1, 0.15) is 18.8 Å². The van der Waals surface area contributed by atoms with Gasteiger partial charge in [-0.05, 0) is 30.0 Å². The van der Waals surface area contributed by atoms with Gasteiger partial charge in [0.2, 0.25) is 0 Å². The Hall–Kier alpha value is -1.00. The van der Waals surface area contributed by atoms with Crippen LogP contribution in [0.15, 0.2) is 28.7 Å². The van der Waals surface area contributed by atoms with E-state index in [2.05, 4.69) is 0 Å². The highest BCUT2D eigenvalue weighted by Gasteiger charge is 2.13. The normalized spacial score (nSPS) is 13.2. The first-order valence-electron chi connectivity index (χ1n) is 5.15. The summed E-state index contributed by atoms with van der Waals surface area (Å²) in [5, 5.41) is 10.5. The summed E-state index contributed by atoms with van der Waals surface area (Å²) < 4.78 is 18.4. The monoisotopic (exact) mass is 240 g/mol. The molecule has 16 heavy (non-hydrogen) atoms. The Bertz CT molecular complexity index is 481. The summed E-state index contributed by atoms with van der Waals surface area (Å²) in [7, 11) is 0. The molecule has 86 valence electrons. The van der Waals surface area contributed by atoms with Crippen LogP contribution in [0.5, 0.6) is 0 Å². The van der Waals surface area contributed by atoms with Gasteiger partial charge >= 0.3 is 0 Å². The second-order valence-corrected chi connectivity index (χ2v) is 4.83. The first-order valence-corrected chi connectivity index (χ1v) is 6.31. The van der Waals surface area contributed by atoms with Gasteiger partial charge < -0.3 is 9.52 Å². The molecule has 0 fully saturated rings. The molecule has 0 aliphatic heterocycles. The Morgan fingerprint density at radius 1 is 1.44 bits per heavy atom. The van der Waals surface area contributed by atoms with Gasteiger partial charge in [0, 0.05) is 11.1 Å². The maximum Gasteiger partial charge on any atom is 0.134 e. The van der Waals surface area contributed by atoms with E-state index in [-0.39, 0.29) is 5.82 Å². The summed E-state index contributed by atoms with van der Waals surface area (Å²) in [6.45, 7) is 2.03. The van der Waals surface area contributed by atoms with Crippen LogP contribution in [0.2, 0.25) is 0 Å². The minimum Gasteiger partial charge on any atom is -0.458 e. The lowest BCUT2D eigenvalue weighted by Gasteiger charge is -2.04. The SMILES string of the molecule is CCSCC(O)c1cc2cc(F)ccc2o1. The van der Waals surface area contributed by atoms with Gasteiger partial charge in [0.25, 0.3) is 0 Å². The number of halogens is 1. The molecule has 2 rings (SSSR count). The molecule has 0 saturated carbocycles. The molecule has 0 aliphatic carbocycles. The highest BCUT2D eigenvalue weighted by molar-refractivity contribution is 7.99. The molecule has 0 aliphatic rings. The summed E-state index contributed by atoms with van der Waals surface area (Å²) in [6.07, 6.45) is -0.625. The third-order valence-electron chi connectivity index (χ3n) is 2.31. The van der Waals surface area contributed by atoms with E-state index in [1.165, 1.54) is 12.1 Å². The summed E-state index contributed by atoms with van der Waals surface area (Å²) in [6, 6.07) is 6.03. The molecule has 0 bridgehead atoms. The summed E-state index contributed by atoms with van der Waals surface area (Å²) in [5.41, 5.74) is 0.608. The Labute approximate surface area is 97.5 Å². The molecule has 2 nitrogen and oxygen atoms in total. The third-order valence-corrected chi connectivity index (χ3v) is 3.27. The minimum absolute atomic E-state index is 0.294. The molecule has 1 unspecified atom stereocenters. The number of rotatable bonds is 4. The molecule has 0 amide bonds. The van der Waals surface area contributed by atoms with E-state index in [9.17, 15) is 9.50 Å². The number of benzene rings is 1. The first kappa shape index (κ1) is 11.5. The number of furan rings is 1. The van der Waals surface area contributed by atoms with E-state index in [0.717, 1.165) is 5.75 Å². The van der Waals surface area contributed by atoms with Crippen molar-refractivity contribution < 1.29 is 13.9 Å². The Balaban J connectivity index is 2.25. The van der Waals surface area contributed by atoms with Crippen LogP contribution >= 0.6 is 11.8 Å². The summed E-state index contributed by atoms with van der Waals surface area (Å²) in [5.74, 6) is 1.75. The zero-order valence-electron chi connectivity index (χ0n) is 8.94. The molecule has 0 saturated heterocycles. The molecule has 1 N–H and O–H groups in total. The van der Waals surface area contributed by atoms with Crippen molar-refractivity contribution in [2.75, 3.05) is 11.5 Å². The van der Waals surface area contributed by atoms with Crippen LogP contribution in [0.25, 0.3) is 11.0 Å². The number of hydrogen-bond acceptors (Lipinski definition) is 3. The smallest absolute Gasteiger partial charge is 0.134 e. The van der Waals surface area contributed by atoms with E-state index < -0.39 is 6.10 Å². The van der Waals surface area contributed by atoms with Gasteiger partial charge in [-0.3, -0.25) is 0 Å². The van der Waals surface area contributed by atoms with Gasteiger partial charge in [-0.15, -0.1) is 0 Å². The molecule has 1 aromatic carbocycles. The zero-order chi connectivity index (χ0) is 11.5. The third kappa shape index (κ3) is 2.39. The molecule has 4 heteroatoms. The van der Waals surface area contributed by atoms with Crippen molar-refractivity contribution in [1.82, 2.24) is 0 Å². The number of hydrogen-bond donors (Lipinski definition) is 1. The highest BCUT2D eigenvalue weighted by atomic mass is 32.2. The van der Waals surface area contributed by atoms with Gasteiger partial charge in [0.05, 0.1) is 0 Å². The standard InChI is InChI=1S/C12H13FO2S/c1-2-16-7-10(14)12-6-8-5-9(13)3-4-11(8)15-12/h3-6,10,14H,2,7H2,1H3. The fourth-order valence-corrected chi connectivity index (χ4v) is 2.13. The second-order valence-electron chi connectivity index (χ2n) is 3.51.